The van der Waals surface area contributed by atoms with Crippen molar-refractivity contribution in [3.05, 3.63) is 58.9 Å². The Balaban J connectivity index is 2.36. The molecule has 1 N–H and O–H groups in total. The van der Waals surface area contributed by atoms with Crippen LogP contribution in [-0.4, -0.2) is 20.6 Å². The molecule has 0 aromatic heterocycles. The average molecular weight is 359 g/mol. The molecule has 2 aromatic rings. The van der Waals surface area contributed by atoms with Gasteiger partial charge < -0.3 is 4.74 Å². The number of sulfonamides is 1. The third kappa shape index (κ3) is 4.25. The van der Waals surface area contributed by atoms with Gasteiger partial charge in [-0.25, -0.2) is 26.3 Å². The molecule has 5 nitrogen and oxygen atoms in total. The van der Waals surface area contributed by atoms with Gasteiger partial charge in [0.15, 0.2) is 23.1 Å². The molecule has 0 aliphatic heterocycles. The van der Waals surface area contributed by atoms with Gasteiger partial charge in [-0.05, 0) is 30.7 Å². The number of halogens is 3. The van der Waals surface area contributed by atoms with Gasteiger partial charge in [0, 0.05) is 6.07 Å². The Kier molecular flexibility index (Phi) is 4.83. The zero-order valence-electron chi connectivity index (χ0n) is 12.6. The van der Waals surface area contributed by atoms with E-state index in [0.717, 1.165) is 6.07 Å². The summed E-state index contributed by atoms with van der Waals surface area (Å²) in [5.74, 6) is -5.45. The Morgan fingerprint density at radius 2 is 1.62 bits per heavy atom. The number of rotatable bonds is 4. The van der Waals surface area contributed by atoms with Crippen molar-refractivity contribution in [2.24, 2.45) is 0 Å². The highest BCUT2D eigenvalue weighted by Crippen LogP contribution is 2.29. The molecule has 0 heterocycles. The Labute approximate surface area is 136 Å². The molecule has 1 amide bonds. The van der Waals surface area contributed by atoms with Crippen LogP contribution in [0.25, 0.3) is 0 Å². The average Bonchev–Trinajstić information content (AvgIpc) is 2.44. The summed E-state index contributed by atoms with van der Waals surface area (Å²) in [5.41, 5.74) is -0.189. The quantitative estimate of drug-likeness (QED) is 0.911. The SMILES string of the molecule is Cc1ccc(F)c(Oc2cc(F)c(C(=O)NS(C)(=O)=O)cc2F)c1. The second kappa shape index (κ2) is 6.52. The number of hydrogen-bond acceptors (Lipinski definition) is 4. The fraction of sp³-hybridized carbons (Fsp3) is 0.133. The van der Waals surface area contributed by atoms with E-state index in [0.29, 0.717) is 24.0 Å². The molecule has 128 valence electrons. The molecule has 0 aliphatic carbocycles. The van der Waals surface area contributed by atoms with E-state index in [2.05, 4.69) is 0 Å². The molecule has 0 bridgehead atoms. The van der Waals surface area contributed by atoms with Crippen LogP contribution in [0, 0.1) is 24.4 Å². The van der Waals surface area contributed by atoms with Gasteiger partial charge in [0.2, 0.25) is 10.0 Å². The number of carbonyl (C=O) groups is 1. The highest BCUT2D eigenvalue weighted by molar-refractivity contribution is 7.89. The maximum absolute atomic E-state index is 14.0. The Morgan fingerprint density at radius 1 is 1.00 bits per heavy atom. The number of aryl methyl sites for hydroxylation is 1. The molecule has 0 spiro atoms. The summed E-state index contributed by atoms with van der Waals surface area (Å²) < 4.78 is 70.0. The van der Waals surface area contributed by atoms with E-state index >= 15 is 0 Å². The molecule has 0 aliphatic rings. The van der Waals surface area contributed by atoms with Gasteiger partial charge in [0.25, 0.3) is 5.91 Å². The van der Waals surface area contributed by atoms with Crippen molar-refractivity contribution < 1.29 is 31.1 Å². The summed E-state index contributed by atoms with van der Waals surface area (Å²) in [5, 5.41) is 0. The summed E-state index contributed by atoms with van der Waals surface area (Å²) >= 11 is 0. The molecule has 0 unspecified atom stereocenters. The van der Waals surface area contributed by atoms with Crippen LogP contribution in [0.1, 0.15) is 15.9 Å². The Morgan fingerprint density at radius 3 is 2.25 bits per heavy atom. The summed E-state index contributed by atoms with van der Waals surface area (Å²) in [4.78, 5) is 11.6. The van der Waals surface area contributed by atoms with E-state index in [1.165, 1.54) is 16.9 Å². The van der Waals surface area contributed by atoms with Gasteiger partial charge in [0.1, 0.15) is 5.82 Å². The molecule has 2 rings (SSSR count). The van der Waals surface area contributed by atoms with Crippen molar-refractivity contribution >= 4 is 15.9 Å². The van der Waals surface area contributed by atoms with Crippen LogP contribution < -0.4 is 9.46 Å². The molecule has 0 radical (unpaired) electrons. The van der Waals surface area contributed by atoms with Crippen molar-refractivity contribution in [1.29, 1.82) is 0 Å². The lowest BCUT2D eigenvalue weighted by Gasteiger charge is -2.10. The first-order valence-electron chi connectivity index (χ1n) is 6.52. The molecular formula is C15H12F3NO4S. The van der Waals surface area contributed by atoms with E-state index in [4.69, 9.17) is 4.74 Å². The van der Waals surface area contributed by atoms with Gasteiger partial charge in [0.05, 0.1) is 11.8 Å². The zero-order valence-corrected chi connectivity index (χ0v) is 13.4. The summed E-state index contributed by atoms with van der Waals surface area (Å²) in [6.45, 7) is 1.65. The van der Waals surface area contributed by atoms with E-state index in [-0.39, 0.29) is 5.75 Å². The highest BCUT2D eigenvalue weighted by Gasteiger charge is 2.20. The van der Waals surface area contributed by atoms with Crippen LogP contribution in [0.15, 0.2) is 30.3 Å². The third-order valence-electron chi connectivity index (χ3n) is 2.85. The minimum atomic E-state index is -3.94. The van der Waals surface area contributed by atoms with E-state index in [1.807, 2.05) is 0 Å². The molecule has 0 fully saturated rings. The first kappa shape index (κ1) is 17.8. The second-order valence-corrected chi connectivity index (χ2v) is 6.75. The van der Waals surface area contributed by atoms with E-state index in [9.17, 15) is 26.4 Å². The van der Waals surface area contributed by atoms with Gasteiger partial charge in [-0.2, -0.15) is 0 Å². The molecule has 0 atom stereocenters. The van der Waals surface area contributed by atoms with Crippen molar-refractivity contribution in [2.45, 2.75) is 6.92 Å². The maximum Gasteiger partial charge on any atom is 0.267 e. The fourth-order valence-corrected chi connectivity index (χ4v) is 2.26. The molecule has 24 heavy (non-hydrogen) atoms. The second-order valence-electron chi connectivity index (χ2n) is 5.00. The molecule has 2 aromatic carbocycles. The number of amides is 1. The highest BCUT2D eigenvalue weighted by atomic mass is 32.2. The lowest BCUT2D eigenvalue weighted by molar-refractivity contribution is 0.0977. The molecule has 9 heteroatoms. The lowest BCUT2D eigenvalue weighted by atomic mass is 10.2. The standard InChI is InChI=1S/C15H12F3NO4S/c1-8-3-4-10(16)13(5-8)23-14-7-11(17)9(6-12(14)18)15(20)19-24(2,21)22/h3-7H,1-2H3,(H,19,20). The van der Waals surface area contributed by atoms with Crippen LogP contribution in [0.3, 0.4) is 0 Å². The minimum Gasteiger partial charge on any atom is -0.451 e. The van der Waals surface area contributed by atoms with Crippen LogP contribution in [0.4, 0.5) is 13.2 Å². The molecule has 0 saturated heterocycles. The first-order chi connectivity index (χ1) is 11.1. The van der Waals surface area contributed by atoms with E-state index < -0.39 is 44.7 Å². The van der Waals surface area contributed by atoms with E-state index in [1.54, 1.807) is 6.92 Å². The summed E-state index contributed by atoms with van der Waals surface area (Å²) in [7, 11) is -3.94. The number of hydrogen-bond donors (Lipinski definition) is 1. The van der Waals surface area contributed by atoms with Crippen molar-refractivity contribution in [3.8, 4) is 11.5 Å². The topological polar surface area (TPSA) is 72.5 Å². The van der Waals surface area contributed by atoms with Gasteiger partial charge in [-0.15, -0.1) is 0 Å². The molecule has 0 saturated carbocycles. The predicted octanol–water partition coefficient (Wildman–Crippen LogP) is 2.89. The van der Waals surface area contributed by atoms with Gasteiger partial charge in [-0.3, -0.25) is 4.79 Å². The van der Waals surface area contributed by atoms with Crippen molar-refractivity contribution in [2.75, 3.05) is 6.26 Å². The monoisotopic (exact) mass is 359 g/mol. The lowest BCUT2D eigenvalue weighted by Crippen LogP contribution is -2.30. The number of carbonyl (C=O) groups excluding carboxylic acids is 1. The number of benzene rings is 2. The zero-order chi connectivity index (χ0) is 18.1. The Bertz CT molecular complexity index is 913. The van der Waals surface area contributed by atoms with Crippen LogP contribution >= 0.6 is 0 Å². The smallest absolute Gasteiger partial charge is 0.267 e. The summed E-state index contributed by atoms with van der Waals surface area (Å²) in [6.07, 6.45) is 0.692. The number of nitrogens with one attached hydrogen (secondary N) is 1. The van der Waals surface area contributed by atoms with Crippen LogP contribution in [-0.2, 0) is 10.0 Å². The Hall–Kier alpha value is -2.55. The van der Waals surface area contributed by atoms with Gasteiger partial charge >= 0.3 is 0 Å². The van der Waals surface area contributed by atoms with Crippen molar-refractivity contribution in [1.82, 2.24) is 4.72 Å². The summed E-state index contributed by atoms with van der Waals surface area (Å²) in [6, 6.07) is 4.87. The fourth-order valence-electron chi connectivity index (χ4n) is 1.81. The minimum absolute atomic E-state index is 0.318. The third-order valence-corrected chi connectivity index (χ3v) is 3.41. The largest absolute Gasteiger partial charge is 0.451 e. The number of ether oxygens (including phenoxy) is 1. The first-order valence-corrected chi connectivity index (χ1v) is 8.41. The van der Waals surface area contributed by atoms with Crippen molar-refractivity contribution in [3.63, 3.8) is 0 Å². The predicted molar refractivity (Wildman–Crippen MR) is 79.9 cm³/mol. The van der Waals surface area contributed by atoms with Gasteiger partial charge in [-0.1, -0.05) is 6.07 Å². The normalized spacial score (nSPS) is 11.2. The molecular weight excluding hydrogens is 347 g/mol. The van der Waals surface area contributed by atoms with Crippen LogP contribution in [0.2, 0.25) is 0 Å². The van der Waals surface area contributed by atoms with Crippen LogP contribution in [0.5, 0.6) is 11.5 Å². The maximum atomic E-state index is 14.0.